The zero-order valence-corrected chi connectivity index (χ0v) is 17.8. The molecule has 1 aliphatic rings. The Kier molecular flexibility index (Phi) is 6.92. The molecule has 3 atom stereocenters. The van der Waals surface area contributed by atoms with E-state index in [2.05, 4.69) is 81.4 Å². The van der Waals surface area contributed by atoms with Gasteiger partial charge in [-0.2, -0.15) is 0 Å². The van der Waals surface area contributed by atoms with E-state index in [9.17, 15) is 5.11 Å². The molecule has 2 aromatic carbocycles. The Balaban J connectivity index is 1.75. The van der Waals surface area contributed by atoms with Crippen LogP contribution in [0.1, 0.15) is 55.7 Å². The maximum absolute atomic E-state index is 11.8. The summed E-state index contributed by atoms with van der Waals surface area (Å²) in [6.07, 6.45) is 2.71. The molecule has 0 radical (unpaired) electrons. The van der Waals surface area contributed by atoms with Crippen molar-refractivity contribution in [3.63, 3.8) is 0 Å². The fourth-order valence-corrected chi connectivity index (χ4v) is 4.37. The van der Waals surface area contributed by atoms with Gasteiger partial charge in [-0.3, -0.25) is 0 Å². The van der Waals surface area contributed by atoms with Gasteiger partial charge in [-0.05, 0) is 56.0 Å². The second kappa shape index (κ2) is 9.21. The Morgan fingerprint density at radius 1 is 1.11 bits per heavy atom. The molecule has 0 aliphatic heterocycles. The third kappa shape index (κ3) is 5.02. The zero-order chi connectivity index (χ0) is 20.1. The number of aliphatic hydroxyl groups is 1. The summed E-state index contributed by atoms with van der Waals surface area (Å²) in [6, 6.07) is 18.9. The predicted molar refractivity (Wildman–Crippen MR) is 115 cm³/mol. The average Bonchev–Trinajstić information content (AvgIpc) is 2.69. The quantitative estimate of drug-likeness (QED) is 0.737. The van der Waals surface area contributed by atoms with Crippen molar-refractivity contribution < 1.29 is 9.84 Å². The lowest BCUT2D eigenvalue weighted by molar-refractivity contribution is -0.110. The van der Waals surface area contributed by atoms with Crippen LogP contribution in [0.15, 0.2) is 54.6 Å². The van der Waals surface area contributed by atoms with Crippen LogP contribution >= 0.6 is 0 Å². The number of ether oxygens (including phenoxy) is 1. The van der Waals surface area contributed by atoms with Crippen molar-refractivity contribution in [2.45, 2.75) is 57.3 Å². The van der Waals surface area contributed by atoms with Crippen LogP contribution in [0.4, 0.5) is 0 Å². The molecule has 0 spiro atoms. The first-order valence-electron chi connectivity index (χ1n) is 10.5. The molecular formula is C25H35NO2. The number of nitrogens with zero attached hydrogens (tertiary/aromatic N) is 1. The Hall–Kier alpha value is -1.68. The third-order valence-corrected chi connectivity index (χ3v) is 6.04. The Bertz CT molecular complexity index is 743. The van der Waals surface area contributed by atoms with Crippen molar-refractivity contribution in [1.82, 2.24) is 4.90 Å². The van der Waals surface area contributed by atoms with E-state index in [0.717, 1.165) is 31.4 Å². The molecular weight excluding hydrogens is 346 g/mol. The predicted octanol–water partition coefficient (Wildman–Crippen LogP) is 4.94. The highest BCUT2D eigenvalue weighted by atomic mass is 16.5. The van der Waals surface area contributed by atoms with E-state index < -0.39 is 5.60 Å². The van der Waals surface area contributed by atoms with Gasteiger partial charge in [0.1, 0.15) is 0 Å². The molecule has 0 aromatic heterocycles. The van der Waals surface area contributed by atoms with Crippen molar-refractivity contribution in [2.24, 2.45) is 5.92 Å². The molecule has 0 saturated heterocycles. The maximum atomic E-state index is 11.8. The molecule has 0 bridgehead atoms. The maximum Gasteiger partial charge on any atom is 0.0938 e. The molecule has 3 nitrogen and oxygen atoms in total. The van der Waals surface area contributed by atoms with Crippen LogP contribution in [0.3, 0.4) is 0 Å². The summed E-state index contributed by atoms with van der Waals surface area (Å²) in [5.74, 6) is 0.612. The van der Waals surface area contributed by atoms with Crippen LogP contribution in [-0.4, -0.2) is 36.8 Å². The van der Waals surface area contributed by atoms with E-state index in [1.165, 1.54) is 11.1 Å². The summed E-state index contributed by atoms with van der Waals surface area (Å²) < 4.78 is 6.24. The highest BCUT2D eigenvalue weighted by Gasteiger charge is 2.44. The van der Waals surface area contributed by atoms with Gasteiger partial charge in [0.2, 0.25) is 0 Å². The normalized spacial score (nSPS) is 25.4. The van der Waals surface area contributed by atoms with Crippen LogP contribution in [0.25, 0.3) is 0 Å². The van der Waals surface area contributed by atoms with E-state index in [4.69, 9.17) is 4.74 Å². The second-order valence-corrected chi connectivity index (χ2v) is 8.86. The summed E-state index contributed by atoms with van der Waals surface area (Å²) in [7, 11) is 4.17. The Morgan fingerprint density at radius 3 is 2.54 bits per heavy atom. The van der Waals surface area contributed by atoms with Crippen molar-refractivity contribution >= 4 is 0 Å². The minimum absolute atomic E-state index is 0.152. The van der Waals surface area contributed by atoms with Gasteiger partial charge >= 0.3 is 0 Å². The molecule has 1 aliphatic carbocycles. The molecule has 2 aromatic rings. The smallest absolute Gasteiger partial charge is 0.0938 e. The molecule has 152 valence electrons. The molecule has 3 rings (SSSR count). The summed E-state index contributed by atoms with van der Waals surface area (Å²) in [5, 5.41) is 11.8. The van der Waals surface area contributed by atoms with Gasteiger partial charge in [0.05, 0.1) is 18.3 Å². The minimum atomic E-state index is -0.790. The molecule has 3 heteroatoms. The SMILES string of the molecule is CC(C)c1cccc(C2(O)CCC(OCc3ccccc3)CC2CN(C)C)c1. The number of rotatable bonds is 7. The highest BCUT2D eigenvalue weighted by molar-refractivity contribution is 5.31. The lowest BCUT2D eigenvalue weighted by atomic mass is 9.70. The molecule has 0 heterocycles. The molecule has 3 unspecified atom stereocenters. The lowest BCUT2D eigenvalue weighted by Gasteiger charge is -2.44. The van der Waals surface area contributed by atoms with Gasteiger partial charge in [-0.15, -0.1) is 0 Å². The minimum Gasteiger partial charge on any atom is -0.385 e. The summed E-state index contributed by atoms with van der Waals surface area (Å²) in [6.45, 7) is 5.90. The summed E-state index contributed by atoms with van der Waals surface area (Å²) >= 11 is 0. The van der Waals surface area contributed by atoms with Crippen LogP contribution in [-0.2, 0) is 16.9 Å². The first-order chi connectivity index (χ1) is 13.4. The summed E-state index contributed by atoms with van der Waals surface area (Å²) in [5.41, 5.74) is 2.77. The Morgan fingerprint density at radius 2 is 1.86 bits per heavy atom. The van der Waals surface area contributed by atoms with Crippen LogP contribution in [0, 0.1) is 5.92 Å². The van der Waals surface area contributed by atoms with Crippen LogP contribution in [0.2, 0.25) is 0 Å². The highest BCUT2D eigenvalue weighted by Crippen LogP contribution is 2.43. The van der Waals surface area contributed by atoms with E-state index in [1.54, 1.807) is 0 Å². The largest absolute Gasteiger partial charge is 0.385 e. The van der Waals surface area contributed by atoms with E-state index in [0.29, 0.717) is 12.5 Å². The number of hydrogen-bond acceptors (Lipinski definition) is 3. The molecule has 1 N–H and O–H groups in total. The first-order valence-corrected chi connectivity index (χ1v) is 10.5. The van der Waals surface area contributed by atoms with E-state index in [-0.39, 0.29) is 12.0 Å². The number of hydrogen-bond donors (Lipinski definition) is 1. The second-order valence-electron chi connectivity index (χ2n) is 8.86. The number of benzene rings is 2. The van der Waals surface area contributed by atoms with Gasteiger partial charge in [0.25, 0.3) is 0 Å². The average molecular weight is 382 g/mol. The van der Waals surface area contributed by atoms with Crippen molar-refractivity contribution in [3.8, 4) is 0 Å². The van der Waals surface area contributed by atoms with Crippen LogP contribution < -0.4 is 0 Å². The summed E-state index contributed by atoms with van der Waals surface area (Å²) in [4.78, 5) is 2.18. The monoisotopic (exact) mass is 381 g/mol. The topological polar surface area (TPSA) is 32.7 Å². The fraction of sp³-hybridized carbons (Fsp3) is 0.520. The van der Waals surface area contributed by atoms with Gasteiger partial charge in [-0.1, -0.05) is 68.4 Å². The van der Waals surface area contributed by atoms with E-state index in [1.807, 2.05) is 6.07 Å². The lowest BCUT2D eigenvalue weighted by Crippen LogP contribution is -2.46. The van der Waals surface area contributed by atoms with E-state index >= 15 is 0 Å². The van der Waals surface area contributed by atoms with Crippen molar-refractivity contribution in [1.29, 1.82) is 0 Å². The van der Waals surface area contributed by atoms with Gasteiger partial charge < -0.3 is 14.7 Å². The molecule has 28 heavy (non-hydrogen) atoms. The van der Waals surface area contributed by atoms with Gasteiger partial charge in [0, 0.05) is 12.5 Å². The molecule has 1 saturated carbocycles. The molecule has 1 fully saturated rings. The van der Waals surface area contributed by atoms with Crippen molar-refractivity contribution in [2.75, 3.05) is 20.6 Å². The van der Waals surface area contributed by atoms with Gasteiger partial charge in [-0.25, -0.2) is 0 Å². The van der Waals surface area contributed by atoms with Gasteiger partial charge in [0.15, 0.2) is 0 Å². The van der Waals surface area contributed by atoms with Crippen molar-refractivity contribution in [3.05, 3.63) is 71.3 Å². The van der Waals surface area contributed by atoms with Crippen LogP contribution in [0.5, 0.6) is 0 Å². The standard InChI is InChI=1S/C25H35NO2/c1-19(2)21-11-8-12-22(15-21)25(27)14-13-24(16-23(25)17-26(3)4)28-18-20-9-6-5-7-10-20/h5-12,15,19,23-24,27H,13-14,16-18H2,1-4H3. The third-order valence-electron chi connectivity index (χ3n) is 6.04. The first kappa shape index (κ1) is 21.0. The Labute approximate surface area is 170 Å². The molecule has 0 amide bonds. The zero-order valence-electron chi connectivity index (χ0n) is 17.8. The fourth-order valence-electron chi connectivity index (χ4n) is 4.37.